The van der Waals surface area contributed by atoms with Crippen LogP contribution in [0.5, 0.6) is 0 Å². The highest BCUT2D eigenvalue weighted by molar-refractivity contribution is 6.50. The van der Waals surface area contributed by atoms with E-state index in [1.807, 2.05) is 7.41 Å². The van der Waals surface area contributed by atoms with Gasteiger partial charge < -0.3 is 21.6 Å². The minimum atomic E-state index is -0.390. The molecule has 0 amide bonds. The van der Waals surface area contributed by atoms with Crippen molar-refractivity contribution in [3.63, 3.8) is 0 Å². The number of hydrogen-bond acceptors (Lipinski definition) is 6. The number of nitro groups is 1. The molecule has 133 valence electrons. The molecule has 0 saturated carbocycles. The average Bonchev–Trinajstić information content (AvgIpc) is 2.59. The van der Waals surface area contributed by atoms with Crippen LogP contribution in [0.1, 0.15) is 25.7 Å². The molecule has 0 unspecified atom stereocenters. The molecule has 0 aliphatic carbocycles. The van der Waals surface area contributed by atoms with Crippen LogP contribution in [-0.2, 0) is 0 Å². The highest BCUT2D eigenvalue weighted by Gasteiger charge is 2.04. The van der Waals surface area contributed by atoms with Crippen LogP contribution in [0.4, 0.5) is 5.69 Å². The van der Waals surface area contributed by atoms with Crippen molar-refractivity contribution in [3.8, 4) is 0 Å². The fourth-order valence-electron chi connectivity index (χ4n) is 2.17. The van der Waals surface area contributed by atoms with Gasteiger partial charge in [-0.2, -0.15) is 0 Å². The molecule has 0 aromatic heterocycles. The Kier molecular flexibility index (Phi) is 11.9. The average molecular weight is 334 g/mol. The predicted molar refractivity (Wildman–Crippen MR) is 99.7 cm³/mol. The summed E-state index contributed by atoms with van der Waals surface area (Å²) in [4.78, 5) is 10.2. The van der Waals surface area contributed by atoms with Gasteiger partial charge in [-0.05, 0) is 65.0 Å². The largest absolute Gasteiger partial charge is 0.356 e. The Hall–Kier alpha value is -1.48. The van der Waals surface area contributed by atoms with Crippen LogP contribution in [0.2, 0.25) is 0 Å². The number of nitrogens with one attached hydrogen (secondary N) is 3. The molecule has 24 heavy (non-hydrogen) atoms. The van der Waals surface area contributed by atoms with Gasteiger partial charge in [0, 0.05) is 12.1 Å². The molecule has 7 nitrogen and oxygen atoms in total. The maximum atomic E-state index is 10.6. The Bertz CT molecular complexity index is 445. The molecule has 8 heteroatoms. The Balaban J connectivity index is 1.87. The molecule has 5 N–H and O–H groups in total. The summed E-state index contributed by atoms with van der Waals surface area (Å²) in [6.45, 7) is 5.75. The van der Waals surface area contributed by atoms with Gasteiger partial charge in [0.2, 0.25) is 7.41 Å². The Labute approximate surface area is 145 Å². The van der Waals surface area contributed by atoms with Crippen LogP contribution in [0, 0.1) is 10.1 Å². The SMILES string of the molecule is NCCCNCCCCNCCCN[B]c1ccc([N+](=O)[O-])cc1. The molecular formula is C16H29BN5O2. The van der Waals surface area contributed by atoms with Crippen LogP contribution in [0.25, 0.3) is 0 Å². The molecular weight excluding hydrogens is 305 g/mol. The lowest BCUT2D eigenvalue weighted by molar-refractivity contribution is -0.384. The van der Waals surface area contributed by atoms with Crippen molar-refractivity contribution in [1.82, 2.24) is 15.9 Å². The molecule has 1 rings (SSSR count). The fraction of sp³-hybridized carbons (Fsp3) is 0.625. The summed E-state index contributed by atoms with van der Waals surface area (Å²) in [6.07, 6.45) is 4.45. The van der Waals surface area contributed by atoms with Gasteiger partial charge in [-0.3, -0.25) is 10.1 Å². The second kappa shape index (κ2) is 13.9. The van der Waals surface area contributed by atoms with Crippen LogP contribution in [0.15, 0.2) is 24.3 Å². The van der Waals surface area contributed by atoms with Crippen molar-refractivity contribution in [2.45, 2.75) is 25.7 Å². The van der Waals surface area contributed by atoms with Crippen LogP contribution in [0.3, 0.4) is 0 Å². The lowest BCUT2D eigenvalue weighted by atomic mass is 9.83. The van der Waals surface area contributed by atoms with Crippen molar-refractivity contribution in [3.05, 3.63) is 34.4 Å². The highest BCUT2D eigenvalue weighted by atomic mass is 16.6. The molecule has 1 aromatic rings. The van der Waals surface area contributed by atoms with Gasteiger partial charge in [0.05, 0.1) is 4.92 Å². The lowest BCUT2D eigenvalue weighted by Crippen LogP contribution is -2.32. The van der Waals surface area contributed by atoms with Gasteiger partial charge >= 0.3 is 0 Å². The molecule has 0 fully saturated rings. The zero-order valence-electron chi connectivity index (χ0n) is 14.3. The van der Waals surface area contributed by atoms with E-state index in [1.54, 1.807) is 12.1 Å². The summed E-state index contributed by atoms with van der Waals surface area (Å²) >= 11 is 0. The van der Waals surface area contributed by atoms with Gasteiger partial charge in [0.1, 0.15) is 0 Å². The van der Waals surface area contributed by atoms with Gasteiger partial charge in [-0.25, -0.2) is 0 Å². The van der Waals surface area contributed by atoms with E-state index in [2.05, 4.69) is 15.9 Å². The third kappa shape index (κ3) is 10.3. The van der Waals surface area contributed by atoms with Gasteiger partial charge in [-0.1, -0.05) is 17.6 Å². The summed E-state index contributed by atoms with van der Waals surface area (Å²) in [7, 11) is 1.89. The third-order valence-electron chi connectivity index (χ3n) is 3.56. The number of nitro benzene ring substituents is 1. The maximum Gasteiger partial charge on any atom is 0.269 e. The molecule has 0 spiro atoms. The van der Waals surface area contributed by atoms with E-state index in [4.69, 9.17) is 5.73 Å². The minimum absolute atomic E-state index is 0.117. The smallest absolute Gasteiger partial charge is 0.269 e. The van der Waals surface area contributed by atoms with E-state index in [-0.39, 0.29) is 10.6 Å². The molecule has 0 aliphatic heterocycles. The van der Waals surface area contributed by atoms with E-state index < -0.39 is 0 Å². The Morgan fingerprint density at radius 3 is 2.08 bits per heavy atom. The molecule has 0 bridgehead atoms. The second-order valence-electron chi connectivity index (χ2n) is 5.65. The number of unbranched alkanes of at least 4 members (excludes halogenated alkanes) is 1. The zero-order valence-corrected chi connectivity index (χ0v) is 14.3. The lowest BCUT2D eigenvalue weighted by Gasteiger charge is -2.06. The summed E-state index contributed by atoms with van der Waals surface area (Å²) in [5.74, 6) is 0. The Morgan fingerprint density at radius 1 is 0.917 bits per heavy atom. The number of non-ortho nitro benzene ring substituents is 1. The number of rotatable bonds is 15. The number of benzene rings is 1. The van der Waals surface area contributed by atoms with Crippen molar-refractivity contribution in [2.75, 3.05) is 39.3 Å². The zero-order chi connectivity index (χ0) is 17.5. The first-order valence-electron chi connectivity index (χ1n) is 8.66. The number of nitrogens with two attached hydrogens (primary N) is 1. The van der Waals surface area contributed by atoms with Crippen molar-refractivity contribution in [1.29, 1.82) is 0 Å². The van der Waals surface area contributed by atoms with E-state index in [1.165, 1.54) is 25.0 Å². The summed E-state index contributed by atoms with van der Waals surface area (Å²) in [6, 6.07) is 6.51. The first-order chi connectivity index (χ1) is 11.7. The molecule has 0 aliphatic rings. The molecule has 0 saturated heterocycles. The predicted octanol–water partition coefficient (Wildman–Crippen LogP) is 0.127. The Morgan fingerprint density at radius 2 is 1.50 bits per heavy atom. The van der Waals surface area contributed by atoms with Crippen LogP contribution in [-0.4, -0.2) is 51.6 Å². The summed E-state index contributed by atoms with van der Waals surface area (Å²) < 4.78 is 0. The minimum Gasteiger partial charge on any atom is -0.356 e. The third-order valence-corrected chi connectivity index (χ3v) is 3.56. The first-order valence-corrected chi connectivity index (χ1v) is 8.66. The monoisotopic (exact) mass is 334 g/mol. The number of nitrogens with zero attached hydrogens (tertiary/aromatic N) is 1. The number of hydrogen-bond donors (Lipinski definition) is 4. The van der Waals surface area contributed by atoms with Crippen LogP contribution < -0.4 is 27.1 Å². The van der Waals surface area contributed by atoms with Gasteiger partial charge in [0.25, 0.3) is 5.69 Å². The summed E-state index contributed by atoms with van der Waals surface area (Å²) in [5, 5.41) is 20.6. The van der Waals surface area contributed by atoms with E-state index in [0.717, 1.165) is 57.6 Å². The first kappa shape index (κ1) is 20.6. The fourth-order valence-corrected chi connectivity index (χ4v) is 2.17. The highest BCUT2D eigenvalue weighted by Crippen LogP contribution is 2.06. The molecule has 1 radical (unpaired) electrons. The van der Waals surface area contributed by atoms with E-state index in [9.17, 15) is 10.1 Å². The van der Waals surface area contributed by atoms with Gasteiger partial charge in [0.15, 0.2) is 0 Å². The maximum absolute atomic E-state index is 10.6. The molecule has 0 heterocycles. The standard InChI is InChI=1S/C16H29BN5O2/c18-9-3-12-19-10-1-2-11-20-13-4-14-21-17-15-5-7-16(8-6-15)22(23)24/h5-8,19-21H,1-4,9-14,18H2. The van der Waals surface area contributed by atoms with E-state index >= 15 is 0 Å². The quantitative estimate of drug-likeness (QED) is 0.157. The van der Waals surface area contributed by atoms with Crippen molar-refractivity contribution < 1.29 is 4.92 Å². The molecule has 0 atom stereocenters. The van der Waals surface area contributed by atoms with E-state index in [0.29, 0.717) is 0 Å². The van der Waals surface area contributed by atoms with Crippen molar-refractivity contribution in [2.24, 2.45) is 5.73 Å². The van der Waals surface area contributed by atoms with Gasteiger partial charge in [-0.15, -0.1) is 0 Å². The van der Waals surface area contributed by atoms with Crippen molar-refractivity contribution >= 4 is 18.6 Å². The summed E-state index contributed by atoms with van der Waals surface area (Å²) in [5.41, 5.74) is 6.48. The van der Waals surface area contributed by atoms with Crippen LogP contribution >= 0.6 is 0 Å². The topological polar surface area (TPSA) is 105 Å². The molecule has 1 aromatic carbocycles. The normalized spacial score (nSPS) is 10.7. The second-order valence-corrected chi connectivity index (χ2v) is 5.65.